The second-order valence-electron chi connectivity index (χ2n) is 5.52. The number of nitrogens with one attached hydrogen (secondary N) is 1. The van der Waals surface area contributed by atoms with E-state index >= 15 is 0 Å². The first-order valence-corrected chi connectivity index (χ1v) is 6.74. The monoisotopic (exact) mass is 210 g/mol. The molecule has 1 aliphatic carbocycles. The van der Waals surface area contributed by atoms with Gasteiger partial charge in [0.05, 0.1) is 0 Å². The van der Waals surface area contributed by atoms with Crippen molar-refractivity contribution in [3.05, 3.63) is 0 Å². The molecule has 2 rings (SSSR count). The Morgan fingerprint density at radius 1 is 0.933 bits per heavy atom. The van der Waals surface area contributed by atoms with Gasteiger partial charge in [0.2, 0.25) is 0 Å². The van der Waals surface area contributed by atoms with Crippen molar-refractivity contribution < 1.29 is 0 Å². The van der Waals surface area contributed by atoms with Gasteiger partial charge in [-0.15, -0.1) is 0 Å². The highest BCUT2D eigenvalue weighted by Crippen LogP contribution is 2.32. The van der Waals surface area contributed by atoms with Crippen LogP contribution in [0.2, 0.25) is 0 Å². The molecule has 1 saturated carbocycles. The molecule has 0 bridgehead atoms. The standard InChI is InChI=1S/C13H26N2/c1-11-5-3-6-12(2)13(11)15-9-4-7-14-8-10-15/h11-14H,3-10H2,1-2H3. The maximum absolute atomic E-state index is 3.50. The lowest BCUT2D eigenvalue weighted by atomic mass is 9.78. The Morgan fingerprint density at radius 2 is 1.67 bits per heavy atom. The van der Waals surface area contributed by atoms with Crippen LogP contribution in [0.5, 0.6) is 0 Å². The zero-order chi connectivity index (χ0) is 10.7. The summed E-state index contributed by atoms with van der Waals surface area (Å²) in [5, 5.41) is 3.50. The van der Waals surface area contributed by atoms with Crippen LogP contribution in [0.15, 0.2) is 0 Å². The van der Waals surface area contributed by atoms with Crippen molar-refractivity contribution in [3.63, 3.8) is 0 Å². The fraction of sp³-hybridized carbons (Fsp3) is 1.00. The number of rotatable bonds is 1. The normalized spacial score (nSPS) is 40.0. The molecule has 0 spiro atoms. The van der Waals surface area contributed by atoms with Gasteiger partial charge in [-0.3, -0.25) is 4.90 Å². The van der Waals surface area contributed by atoms with E-state index in [1.54, 1.807) is 0 Å². The third-order valence-electron chi connectivity index (χ3n) is 4.28. The van der Waals surface area contributed by atoms with Crippen molar-refractivity contribution in [1.29, 1.82) is 0 Å². The molecule has 2 atom stereocenters. The highest BCUT2D eigenvalue weighted by atomic mass is 15.2. The number of hydrogen-bond acceptors (Lipinski definition) is 2. The van der Waals surface area contributed by atoms with Crippen molar-refractivity contribution in [1.82, 2.24) is 10.2 Å². The van der Waals surface area contributed by atoms with Gasteiger partial charge in [-0.1, -0.05) is 20.3 Å². The van der Waals surface area contributed by atoms with E-state index in [0.29, 0.717) is 0 Å². The molecule has 0 aromatic heterocycles. The van der Waals surface area contributed by atoms with Gasteiger partial charge in [0.1, 0.15) is 0 Å². The van der Waals surface area contributed by atoms with Gasteiger partial charge in [0.25, 0.3) is 0 Å². The molecule has 1 N–H and O–H groups in total. The molecule has 1 aliphatic heterocycles. The summed E-state index contributed by atoms with van der Waals surface area (Å²) in [6, 6.07) is 0.860. The van der Waals surface area contributed by atoms with Crippen molar-refractivity contribution in [2.45, 2.75) is 45.6 Å². The van der Waals surface area contributed by atoms with Crippen LogP contribution in [-0.4, -0.2) is 37.1 Å². The molecular formula is C13H26N2. The minimum absolute atomic E-state index is 0.860. The van der Waals surface area contributed by atoms with Crippen molar-refractivity contribution >= 4 is 0 Å². The van der Waals surface area contributed by atoms with Gasteiger partial charge in [-0.2, -0.15) is 0 Å². The zero-order valence-electron chi connectivity index (χ0n) is 10.3. The Bertz CT molecular complexity index is 175. The van der Waals surface area contributed by atoms with Crippen LogP contribution in [0.1, 0.15) is 39.5 Å². The summed E-state index contributed by atoms with van der Waals surface area (Å²) in [4.78, 5) is 2.76. The molecule has 2 fully saturated rings. The molecule has 0 aromatic carbocycles. The summed E-state index contributed by atoms with van der Waals surface area (Å²) in [5.41, 5.74) is 0. The molecule has 15 heavy (non-hydrogen) atoms. The number of nitrogens with zero attached hydrogens (tertiary/aromatic N) is 1. The predicted octanol–water partition coefficient (Wildman–Crippen LogP) is 2.11. The SMILES string of the molecule is CC1CCCC(C)C1N1CCCNCC1. The molecule has 1 heterocycles. The van der Waals surface area contributed by atoms with Gasteiger partial charge in [-0.25, -0.2) is 0 Å². The Kier molecular flexibility index (Phi) is 4.04. The summed E-state index contributed by atoms with van der Waals surface area (Å²) in [7, 11) is 0. The molecule has 2 heteroatoms. The van der Waals surface area contributed by atoms with E-state index in [1.165, 1.54) is 51.9 Å². The topological polar surface area (TPSA) is 15.3 Å². The third-order valence-corrected chi connectivity index (χ3v) is 4.28. The average Bonchev–Trinajstić information content (AvgIpc) is 2.46. The Labute approximate surface area is 94.4 Å². The highest BCUT2D eigenvalue weighted by molar-refractivity contribution is 4.86. The van der Waals surface area contributed by atoms with Crippen molar-refractivity contribution in [3.8, 4) is 0 Å². The van der Waals surface area contributed by atoms with Gasteiger partial charge in [0, 0.05) is 19.1 Å². The maximum atomic E-state index is 3.50. The van der Waals surface area contributed by atoms with Crippen molar-refractivity contribution in [2.75, 3.05) is 26.2 Å². The summed E-state index contributed by atoms with van der Waals surface area (Å²) in [6.07, 6.45) is 5.67. The van der Waals surface area contributed by atoms with E-state index in [4.69, 9.17) is 0 Å². The van der Waals surface area contributed by atoms with Gasteiger partial charge < -0.3 is 5.32 Å². The van der Waals surface area contributed by atoms with Crippen LogP contribution >= 0.6 is 0 Å². The molecule has 2 unspecified atom stereocenters. The first kappa shape index (κ1) is 11.4. The van der Waals surface area contributed by atoms with Gasteiger partial charge in [0.15, 0.2) is 0 Å². The summed E-state index contributed by atoms with van der Waals surface area (Å²) in [6.45, 7) is 9.89. The maximum Gasteiger partial charge on any atom is 0.0147 e. The lowest BCUT2D eigenvalue weighted by molar-refractivity contribution is 0.0748. The van der Waals surface area contributed by atoms with Crippen LogP contribution < -0.4 is 5.32 Å². The Morgan fingerprint density at radius 3 is 2.40 bits per heavy atom. The fourth-order valence-corrected chi connectivity index (χ4v) is 3.55. The minimum atomic E-state index is 0.860. The smallest absolute Gasteiger partial charge is 0.0147 e. The minimum Gasteiger partial charge on any atom is -0.315 e. The van der Waals surface area contributed by atoms with E-state index in [9.17, 15) is 0 Å². The van der Waals surface area contributed by atoms with E-state index in [2.05, 4.69) is 24.1 Å². The molecule has 0 amide bonds. The zero-order valence-corrected chi connectivity index (χ0v) is 10.3. The number of hydrogen-bond donors (Lipinski definition) is 1. The quantitative estimate of drug-likeness (QED) is 0.713. The molecule has 88 valence electrons. The lowest BCUT2D eigenvalue weighted by Crippen LogP contribution is -2.47. The van der Waals surface area contributed by atoms with E-state index in [0.717, 1.165) is 17.9 Å². The molecular weight excluding hydrogens is 184 g/mol. The van der Waals surface area contributed by atoms with Crippen LogP contribution in [0.4, 0.5) is 0 Å². The molecule has 1 saturated heterocycles. The van der Waals surface area contributed by atoms with Crippen LogP contribution in [0.25, 0.3) is 0 Å². The van der Waals surface area contributed by atoms with E-state index in [-0.39, 0.29) is 0 Å². The Hall–Kier alpha value is -0.0800. The summed E-state index contributed by atoms with van der Waals surface area (Å²) >= 11 is 0. The van der Waals surface area contributed by atoms with E-state index in [1.807, 2.05) is 0 Å². The second-order valence-corrected chi connectivity index (χ2v) is 5.52. The average molecular weight is 210 g/mol. The Balaban J connectivity index is 1.98. The molecule has 0 radical (unpaired) electrons. The van der Waals surface area contributed by atoms with Crippen LogP contribution in [-0.2, 0) is 0 Å². The first-order valence-electron chi connectivity index (χ1n) is 6.74. The molecule has 2 aliphatic rings. The summed E-state index contributed by atoms with van der Waals surface area (Å²) < 4.78 is 0. The van der Waals surface area contributed by atoms with E-state index < -0.39 is 0 Å². The lowest BCUT2D eigenvalue weighted by Gasteiger charge is -2.42. The first-order chi connectivity index (χ1) is 7.29. The van der Waals surface area contributed by atoms with Gasteiger partial charge in [-0.05, 0) is 44.2 Å². The van der Waals surface area contributed by atoms with Crippen LogP contribution in [0.3, 0.4) is 0 Å². The summed E-state index contributed by atoms with van der Waals surface area (Å²) in [5.74, 6) is 1.82. The molecule has 0 aromatic rings. The van der Waals surface area contributed by atoms with Crippen LogP contribution in [0, 0.1) is 11.8 Å². The van der Waals surface area contributed by atoms with Gasteiger partial charge >= 0.3 is 0 Å². The molecule has 2 nitrogen and oxygen atoms in total. The highest BCUT2D eigenvalue weighted by Gasteiger charge is 2.32. The van der Waals surface area contributed by atoms with Crippen molar-refractivity contribution in [2.24, 2.45) is 11.8 Å². The largest absolute Gasteiger partial charge is 0.315 e. The predicted molar refractivity (Wildman–Crippen MR) is 65.0 cm³/mol. The fourth-order valence-electron chi connectivity index (χ4n) is 3.55. The third kappa shape index (κ3) is 2.73. The second kappa shape index (κ2) is 5.31.